The molecule has 0 bridgehead atoms. The second-order valence-electron chi connectivity index (χ2n) is 4.38. The zero-order valence-electron chi connectivity index (χ0n) is 11.6. The van der Waals surface area contributed by atoms with E-state index in [2.05, 4.69) is 34.7 Å². The maximum absolute atomic E-state index is 5.19. The van der Waals surface area contributed by atoms with Crippen LogP contribution in [0, 0.1) is 0 Å². The van der Waals surface area contributed by atoms with E-state index in [9.17, 15) is 0 Å². The number of ether oxygens (including phenoxy) is 1. The quantitative estimate of drug-likeness (QED) is 0.863. The van der Waals surface area contributed by atoms with Crippen LogP contribution in [0.3, 0.4) is 0 Å². The average molecular weight is 260 g/mol. The number of aromatic nitrogens is 3. The summed E-state index contributed by atoms with van der Waals surface area (Å²) >= 11 is 0. The lowest BCUT2D eigenvalue weighted by Crippen LogP contribution is -2.21. The van der Waals surface area contributed by atoms with Crippen molar-refractivity contribution in [2.45, 2.75) is 25.9 Å². The van der Waals surface area contributed by atoms with Crippen LogP contribution in [0.5, 0.6) is 5.75 Å². The van der Waals surface area contributed by atoms with Crippen LogP contribution in [0.25, 0.3) is 0 Å². The largest absolute Gasteiger partial charge is 0.497 e. The Morgan fingerprint density at radius 3 is 2.63 bits per heavy atom. The summed E-state index contributed by atoms with van der Waals surface area (Å²) < 4.78 is 7.14. The first-order chi connectivity index (χ1) is 9.30. The number of methoxy groups -OCH3 is 1. The third kappa shape index (κ3) is 2.93. The molecule has 0 aliphatic rings. The van der Waals surface area contributed by atoms with Gasteiger partial charge in [-0.25, -0.2) is 4.68 Å². The van der Waals surface area contributed by atoms with Crippen molar-refractivity contribution >= 4 is 0 Å². The van der Waals surface area contributed by atoms with Crippen molar-refractivity contribution in [2.24, 2.45) is 0 Å². The predicted octanol–water partition coefficient (Wildman–Crippen LogP) is 2.01. The van der Waals surface area contributed by atoms with Crippen LogP contribution in [0.2, 0.25) is 0 Å². The summed E-state index contributed by atoms with van der Waals surface area (Å²) in [7, 11) is 3.61. The molecule has 1 unspecified atom stereocenters. The van der Waals surface area contributed by atoms with Gasteiger partial charge in [-0.15, -0.1) is 5.10 Å². The van der Waals surface area contributed by atoms with Crippen molar-refractivity contribution in [3.8, 4) is 5.75 Å². The third-order valence-electron chi connectivity index (χ3n) is 3.12. The SMILES string of the molecule is CCCn1nncc1C(NC)c1ccc(OC)cc1. The Kier molecular flexibility index (Phi) is 4.52. The van der Waals surface area contributed by atoms with Gasteiger partial charge in [-0.3, -0.25) is 0 Å². The van der Waals surface area contributed by atoms with Gasteiger partial charge in [0.15, 0.2) is 0 Å². The molecule has 19 heavy (non-hydrogen) atoms. The van der Waals surface area contributed by atoms with Gasteiger partial charge in [0, 0.05) is 6.54 Å². The summed E-state index contributed by atoms with van der Waals surface area (Å²) in [5.41, 5.74) is 2.25. The molecule has 2 aromatic rings. The van der Waals surface area contributed by atoms with E-state index in [-0.39, 0.29) is 6.04 Å². The van der Waals surface area contributed by atoms with Crippen molar-refractivity contribution in [1.29, 1.82) is 0 Å². The Bertz CT molecular complexity index is 506. The molecule has 5 heteroatoms. The number of rotatable bonds is 6. The van der Waals surface area contributed by atoms with Crippen molar-refractivity contribution in [1.82, 2.24) is 20.3 Å². The van der Waals surface area contributed by atoms with Gasteiger partial charge in [-0.2, -0.15) is 0 Å². The van der Waals surface area contributed by atoms with Crippen LogP contribution in [0.15, 0.2) is 30.5 Å². The smallest absolute Gasteiger partial charge is 0.118 e. The molecule has 0 aliphatic carbocycles. The number of nitrogens with one attached hydrogen (secondary N) is 1. The van der Waals surface area contributed by atoms with Gasteiger partial charge < -0.3 is 10.1 Å². The lowest BCUT2D eigenvalue weighted by Gasteiger charge is -2.17. The fourth-order valence-electron chi connectivity index (χ4n) is 2.16. The third-order valence-corrected chi connectivity index (χ3v) is 3.12. The first-order valence-electron chi connectivity index (χ1n) is 6.49. The Morgan fingerprint density at radius 2 is 2.05 bits per heavy atom. The van der Waals surface area contributed by atoms with Gasteiger partial charge in [0.1, 0.15) is 5.75 Å². The van der Waals surface area contributed by atoms with Crippen LogP contribution < -0.4 is 10.1 Å². The molecule has 0 saturated carbocycles. The minimum Gasteiger partial charge on any atom is -0.497 e. The van der Waals surface area contributed by atoms with E-state index < -0.39 is 0 Å². The second-order valence-corrected chi connectivity index (χ2v) is 4.38. The van der Waals surface area contributed by atoms with Crippen molar-refractivity contribution in [2.75, 3.05) is 14.2 Å². The molecule has 0 aliphatic heterocycles. The topological polar surface area (TPSA) is 52.0 Å². The molecule has 1 aromatic carbocycles. The van der Waals surface area contributed by atoms with Crippen molar-refractivity contribution in [3.63, 3.8) is 0 Å². The lowest BCUT2D eigenvalue weighted by atomic mass is 10.0. The molecule has 5 nitrogen and oxygen atoms in total. The van der Waals surface area contributed by atoms with Crippen LogP contribution in [0.4, 0.5) is 0 Å². The summed E-state index contributed by atoms with van der Waals surface area (Å²) in [6.45, 7) is 3.01. The number of benzene rings is 1. The monoisotopic (exact) mass is 260 g/mol. The van der Waals surface area contributed by atoms with Gasteiger partial charge in [0.05, 0.1) is 25.0 Å². The van der Waals surface area contributed by atoms with E-state index in [1.165, 1.54) is 5.56 Å². The number of aryl methyl sites for hydroxylation is 1. The van der Waals surface area contributed by atoms with Gasteiger partial charge in [0.2, 0.25) is 0 Å². The molecule has 0 amide bonds. The molecule has 102 valence electrons. The fourth-order valence-corrected chi connectivity index (χ4v) is 2.16. The van der Waals surface area contributed by atoms with Gasteiger partial charge in [0.25, 0.3) is 0 Å². The van der Waals surface area contributed by atoms with E-state index >= 15 is 0 Å². The summed E-state index contributed by atoms with van der Waals surface area (Å²) in [5.74, 6) is 0.860. The van der Waals surface area contributed by atoms with Crippen LogP contribution >= 0.6 is 0 Å². The minimum atomic E-state index is 0.0902. The Hall–Kier alpha value is -1.88. The van der Waals surface area contributed by atoms with E-state index in [4.69, 9.17) is 4.74 Å². The zero-order chi connectivity index (χ0) is 13.7. The summed E-state index contributed by atoms with van der Waals surface area (Å²) in [5, 5.41) is 11.5. The zero-order valence-corrected chi connectivity index (χ0v) is 11.6. The standard InChI is InChI=1S/C14H20N4O/c1-4-9-18-13(10-16-17-18)14(15-2)11-5-7-12(19-3)8-6-11/h5-8,10,14-15H,4,9H2,1-3H3. The molecular weight excluding hydrogens is 240 g/mol. The van der Waals surface area contributed by atoms with Crippen LogP contribution in [0.1, 0.15) is 30.6 Å². The molecule has 1 heterocycles. The van der Waals surface area contributed by atoms with Gasteiger partial charge in [-0.1, -0.05) is 24.3 Å². The highest BCUT2D eigenvalue weighted by atomic mass is 16.5. The Labute approximate surface area is 113 Å². The number of hydrogen-bond acceptors (Lipinski definition) is 4. The minimum absolute atomic E-state index is 0.0902. The first-order valence-corrected chi connectivity index (χ1v) is 6.49. The molecule has 1 atom stereocenters. The molecule has 0 saturated heterocycles. The Morgan fingerprint density at radius 1 is 1.32 bits per heavy atom. The molecule has 0 spiro atoms. The fraction of sp³-hybridized carbons (Fsp3) is 0.429. The van der Waals surface area contributed by atoms with Gasteiger partial charge >= 0.3 is 0 Å². The maximum Gasteiger partial charge on any atom is 0.118 e. The molecule has 0 radical (unpaired) electrons. The van der Waals surface area contributed by atoms with Crippen molar-refractivity contribution in [3.05, 3.63) is 41.7 Å². The number of hydrogen-bond donors (Lipinski definition) is 1. The lowest BCUT2D eigenvalue weighted by molar-refractivity contribution is 0.414. The normalized spacial score (nSPS) is 12.4. The van der Waals surface area contributed by atoms with Crippen molar-refractivity contribution < 1.29 is 4.74 Å². The predicted molar refractivity (Wildman–Crippen MR) is 74.2 cm³/mol. The summed E-state index contributed by atoms with van der Waals surface area (Å²) in [6.07, 6.45) is 2.86. The average Bonchev–Trinajstić information content (AvgIpc) is 2.89. The van der Waals surface area contributed by atoms with Gasteiger partial charge in [-0.05, 0) is 31.2 Å². The highest BCUT2D eigenvalue weighted by molar-refractivity contribution is 5.32. The highest BCUT2D eigenvalue weighted by Gasteiger charge is 2.17. The molecule has 2 rings (SSSR count). The highest BCUT2D eigenvalue weighted by Crippen LogP contribution is 2.23. The second kappa shape index (κ2) is 6.33. The van der Waals surface area contributed by atoms with Crippen LogP contribution in [-0.2, 0) is 6.54 Å². The van der Waals surface area contributed by atoms with E-state index in [0.29, 0.717) is 0 Å². The maximum atomic E-state index is 5.19. The molecule has 1 N–H and O–H groups in total. The van der Waals surface area contributed by atoms with E-state index in [1.807, 2.05) is 30.1 Å². The molecule has 0 fully saturated rings. The van der Waals surface area contributed by atoms with Crippen LogP contribution in [-0.4, -0.2) is 29.2 Å². The molecule has 1 aromatic heterocycles. The summed E-state index contributed by atoms with van der Waals surface area (Å²) in [6, 6.07) is 8.14. The first kappa shape index (κ1) is 13.5. The molecular formula is C14H20N4O. The number of nitrogens with zero attached hydrogens (tertiary/aromatic N) is 3. The summed E-state index contributed by atoms with van der Waals surface area (Å²) in [4.78, 5) is 0. The van der Waals surface area contributed by atoms with E-state index in [1.54, 1.807) is 7.11 Å². The Balaban J connectivity index is 2.29. The van der Waals surface area contributed by atoms with E-state index in [0.717, 1.165) is 24.4 Å².